The first kappa shape index (κ1) is 9.96. The van der Waals surface area contributed by atoms with Gasteiger partial charge in [0.15, 0.2) is 6.10 Å². The molecule has 0 radical (unpaired) electrons. The van der Waals surface area contributed by atoms with Gasteiger partial charge in [-0.1, -0.05) is 15.9 Å². The van der Waals surface area contributed by atoms with E-state index in [1.165, 1.54) is 0 Å². The number of quaternary nitrogens is 1. The summed E-state index contributed by atoms with van der Waals surface area (Å²) in [5.41, 5.74) is 0. The fourth-order valence-electron chi connectivity index (χ4n) is 1.55. The molecule has 1 aromatic carbocycles. The fourth-order valence-corrected chi connectivity index (χ4v) is 1.82. The predicted octanol–water partition coefficient (Wildman–Crippen LogP) is 0.134. The summed E-state index contributed by atoms with van der Waals surface area (Å²) in [6.07, 6.45) is -0.421. The number of nitrogens with two attached hydrogens (primary N) is 1. The number of hydrogen-bond donors (Lipinski definition) is 2. The van der Waals surface area contributed by atoms with E-state index in [0.29, 0.717) is 0 Å². The van der Waals surface area contributed by atoms with Gasteiger partial charge in [0.2, 0.25) is 0 Å². The van der Waals surface area contributed by atoms with Gasteiger partial charge in [0.1, 0.15) is 24.9 Å². The van der Waals surface area contributed by atoms with E-state index in [1.54, 1.807) is 0 Å². The third kappa shape index (κ3) is 2.26. The van der Waals surface area contributed by atoms with Crippen molar-refractivity contribution in [2.75, 3.05) is 13.1 Å². The Balaban J connectivity index is 2.00. The van der Waals surface area contributed by atoms with Gasteiger partial charge in [0.05, 0.1) is 0 Å². The van der Waals surface area contributed by atoms with Crippen LogP contribution in [0.1, 0.15) is 0 Å². The van der Waals surface area contributed by atoms with Gasteiger partial charge in [-0.25, -0.2) is 0 Å². The molecule has 0 unspecified atom stereocenters. The standard InChI is InChI=1S/C10H12BrNO2/c11-7-1-3-8(4-2-7)14-10-6-12-5-9(10)13/h1-4,9-10,12-13H,5-6H2/p+1/t9-,10-/m1/s1. The molecular weight excluding hydrogens is 246 g/mol. The molecule has 0 aromatic heterocycles. The minimum atomic E-state index is -0.348. The third-order valence-corrected chi connectivity index (χ3v) is 2.87. The summed E-state index contributed by atoms with van der Waals surface area (Å²) in [4.78, 5) is 0. The van der Waals surface area contributed by atoms with Crippen LogP contribution < -0.4 is 10.1 Å². The van der Waals surface area contributed by atoms with Crippen molar-refractivity contribution in [3.63, 3.8) is 0 Å². The van der Waals surface area contributed by atoms with Gasteiger partial charge in [-0.2, -0.15) is 0 Å². The maximum atomic E-state index is 9.54. The molecule has 1 saturated heterocycles. The first-order chi connectivity index (χ1) is 6.75. The van der Waals surface area contributed by atoms with E-state index in [-0.39, 0.29) is 12.2 Å². The highest BCUT2D eigenvalue weighted by Gasteiger charge is 2.30. The van der Waals surface area contributed by atoms with E-state index >= 15 is 0 Å². The Labute approximate surface area is 91.2 Å². The van der Waals surface area contributed by atoms with Crippen LogP contribution in [-0.2, 0) is 0 Å². The minimum Gasteiger partial charge on any atom is -0.482 e. The number of hydrogen-bond acceptors (Lipinski definition) is 2. The molecule has 2 rings (SSSR count). The Morgan fingerprint density at radius 1 is 1.29 bits per heavy atom. The average molecular weight is 259 g/mol. The topological polar surface area (TPSA) is 46.1 Å². The van der Waals surface area contributed by atoms with Crippen LogP contribution in [0.15, 0.2) is 28.7 Å². The highest BCUT2D eigenvalue weighted by molar-refractivity contribution is 9.10. The maximum absolute atomic E-state index is 9.54. The van der Waals surface area contributed by atoms with Crippen molar-refractivity contribution in [1.82, 2.24) is 0 Å². The van der Waals surface area contributed by atoms with Crippen LogP contribution in [-0.4, -0.2) is 30.4 Å². The highest BCUT2D eigenvalue weighted by atomic mass is 79.9. The summed E-state index contributed by atoms with van der Waals surface area (Å²) in [6.45, 7) is 1.57. The van der Waals surface area contributed by atoms with Gasteiger partial charge in [0.25, 0.3) is 0 Å². The normalized spacial score (nSPS) is 26.4. The van der Waals surface area contributed by atoms with Crippen molar-refractivity contribution in [1.29, 1.82) is 0 Å². The van der Waals surface area contributed by atoms with Gasteiger partial charge < -0.3 is 15.2 Å². The summed E-state index contributed by atoms with van der Waals surface area (Å²) in [5, 5.41) is 11.6. The molecule has 0 bridgehead atoms. The van der Waals surface area contributed by atoms with Crippen LogP contribution in [0.25, 0.3) is 0 Å². The van der Waals surface area contributed by atoms with Crippen LogP contribution in [0.4, 0.5) is 0 Å². The highest BCUT2D eigenvalue weighted by Crippen LogP contribution is 2.18. The molecule has 1 heterocycles. The molecule has 2 atom stereocenters. The zero-order valence-corrected chi connectivity index (χ0v) is 9.28. The second-order valence-corrected chi connectivity index (χ2v) is 4.35. The van der Waals surface area contributed by atoms with Crippen molar-refractivity contribution < 1.29 is 15.2 Å². The SMILES string of the molecule is O[C@@H]1C[NH2+]C[C@H]1Oc1ccc(Br)cc1. The molecule has 0 saturated carbocycles. The van der Waals surface area contributed by atoms with Crippen molar-refractivity contribution in [2.45, 2.75) is 12.2 Å². The van der Waals surface area contributed by atoms with E-state index in [9.17, 15) is 5.11 Å². The monoisotopic (exact) mass is 258 g/mol. The first-order valence-electron chi connectivity index (χ1n) is 4.67. The summed E-state index contributed by atoms with van der Waals surface area (Å²) in [7, 11) is 0. The van der Waals surface area contributed by atoms with Crippen molar-refractivity contribution in [3.8, 4) is 5.75 Å². The molecule has 0 spiro atoms. The summed E-state index contributed by atoms with van der Waals surface area (Å²) < 4.78 is 6.67. The number of aliphatic hydroxyl groups is 1. The Hall–Kier alpha value is -0.580. The molecule has 3 N–H and O–H groups in total. The number of halogens is 1. The second kappa shape index (κ2) is 4.29. The lowest BCUT2D eigenvalue weighted by Crippen LogP contribution is -2.82. The Bertz CT molecular complexity index is 301. The lowest BCUT2D eigenvalue weighted by molar-refractivity contribution is -0.640. The molecule has 1 aliphatic rings. The van der Waals surface area contributed by atoms with Crippen LogP contribution >= 0.6 is 15.9 Å². The average Bonchev–Trinajstić information content (AvgIpc) is 2.56. The van der Waals surface area contributed by atoms with Gasteiger partial charge in [-0.05, 0) is 24.3 Å². The zero-order chi connectivity index (χ0) is 9.97. The van der Waals surface area contributed by atoms with E-state index in [1.807, 2.05) is 24.3 Å². The van der Waals surface area contributed by atoms with Crippen LogP contribution in [0.5, 0.6) is 5.75 Å². The second-order valence-electron chi connectivity index (χ2n) is 3.44. The van der Waals surface area contributed by atoms with E-state index in [4.69, 9.17) is 4.74 Å². The molecule has 3 nitrogen and oxygen atoms in total. The first-order valence-corrected chi connectivity index (χ1v) is 5.47. The summed E-state index contributed by atoms with van der Waals surface area (Å²) in [5.74, 6) is 0.813. The van der Waals surface area contributed by atoms with Crippen LogP contribution in [0, 0.1) is 0 Å². The smallest absolute Gasteiger partial charge is 0.178 e. The molecule has 0 aliphatic carbocycles. The molecular formula is C10H13BrNO2+. The number of aliphatic hydroxyl groups excluding tert-OH is 1. The molecule has 0 amide bonds. The lowest BCUT2D eigenvalue weighted by Gasteiger charge is -2.13. The molecule has 1 fully saturated rings. The van der Waals surface area contributed by atoms with Gasteiger partial charge in [-0.15, -0.1) is 0 Å². The number of rotatable bonds is 2. The molecule has 1 aromatic rings. The molecule has 4 heteroatoms. The Morgan fingerprint density at radius 2 is 2.00 bits per heavy atom. The maximum Gasteiger partial charge on any atom is 0.178 e. The van der Waals surface area contributed by atoms with Gasteiger partial charge >= 0.3 is 0 Å². The zero-order valence-electron chi connectivity index (χ0n) is 7.69. The molecule has 1 aliphatic heterocycles. The van der Waals surface area contributed by atoms with E-state index in [2.05, 4.69) is 21.2 Å². The summed E-state index contributed by atoms with van der Waals surface area (Å²) in [6, 6.07) is 7.66. The van der Waals surface area contributed by atoms with E-state index < -0.39 is 0 Å². The minimum absolute atomic E-state index is 0.0730. The van der Waals surface area contributed by atoms with Gasteiger partial charge in [-0.3, -0.25) is 0 Å². The summed E-state index contributed by atoms with van der Waals surface area (Å²) >= 11 is 3.36. The Kier molecular flexibility index (Phi) is 3.05. The van der Waals surface area contributed by atoms with Gasteiger partial charge in [0, 0.05) is 4.47 Å². The van der Waals surface area contributed by atoms with E-state index in [0.717, 1.165) is 23.3 Å². The van der Waals surface area contributed by atoms with Crippen LogP contribution in [0.2, 0.25) is 0 Å². The number of ether oxygens (including phenoxy) is 1. The lowest BCUT2D eigenvalue weighted by atomic mass is 10.2. The Morgan fingerprint density at radius 3 is 2.57 bits per heavy atom. The van der Waals surface area contributed by atoms with Crippen molar-refractivity contribution in [2.24, 2.45) is 0 Å². The fraction of sp³-hybridized carbons (Fsp3) is 0.400. The van der Waals surface area contributed by atoms with Crippen LogP contribution in [0.3, 0.4) is 0 Å². The predicted molar refractivity (Wildman–Crippen MR) is 56.2 cm³/mol. The third-order valence-electron chi connectivity index (χ3n) is 2.34. The quantitative estimate of drug-likeness (QED) is 0.793. The molecule has 14 heavy (non-hydrogen) atoms. The van der Waals surface area contributed by atoms with Crippen molar-refractivity contribution in [3.05, 3.63) is 28.7 Å². The largest absolute Gasteiger partial charge is 0.482 e. The number of benzene rings is 1. The van der Waals surface area contributed by atoms with Crippen molar-refractivity contribution >= 4 is 15.9 Å². The molecule has 76 valence electrons.